The lowest BCUT2D eigenvalue weighted by Gasteiger charge is -2.32. The molecule has 1 aromatic carbocycles. The van der Waals surface area contributed by atoms with Crippen LogP contribution in [0.4, 0.5) is 0 Å². The number of benzene rings is 1. The minimum Gasteiger partial charge on any atom is -0.339 e. The van der Waals surface area contributed by atoms with Crippen LogP contribution < -0.4 is 5.56 Å². The lowest BCUT2D eigenvalue weighted by molar-refractivity contribution is 0.0682. The molecule has 1 aliphatic heterocycles. The van der Waals surface area contributed by atoms with Crippen LogP contribution in [0.25, 0.3) is 10.9 Å². The van der Waals surface area contributed by atoms with E-state index >= 15 is 0 Å². The molecule has 6 nitrogen and oxygen atoms in total. The maximum Gasteiger partial charge on any atom is 0.261 e. The van der Waals surface area contributed by atoms with Crippen molar-refractivity contribution in [2.24, 2.45) is 5.92 Å². The van der Waals surface area contributed by atoms with Crippen LogP contribution in [0.1, 0.15) is 23.2 Å². The average Bonchev–Trinajstić information content (AvgIpc) is 2.70. The molecule has 0 atom stereocenters. The van der Waals surface area contributed by atoms with Crippen LogP contribution in [0.2, 0.25) is 0 Å². The number of rotatable bonds is 3. The molecule has 0 bridgehead atoms. The summed E-state index contributed by atoms with van der Waals surface area (Å²) in [6.45, 7) is 2.01. The molecular formula is C20H19BrN4O2. The molecule has 1 saturated heterocycles. The third-order valence-electron chi connectivity index (χ3n) is 5.04. The van der Waals surface area contributed by atoms with Crippen LogP contribution in [0.15, 0.2) is 58.3 Å². The van der Waals surface area contributed by atoms with Crippen molar-refractivity contribution in [3.63, 3.8) is 0 Å². The Balaban J connectivity index is 1.42. The van der Waals surface area contributed by atoms with Crippen molar-refractivity contribution < 1.29 is 4.79 Å². The highest BCUT2D eigenvalue weighted by molar-refractivity contribution is 9.10. The molecule has 0 radical (unpaired) electrons. The number of carbonyl (C=O) groups excluding carboxylic acids is 1. The van der Waals surface area contributed by atoms with Gasteiger partial charge in [0.1, 0.15) is 0 Å². The molecule has 0 spiro atoms. The number of pyridine rings is 1. The van der Waals surface area contributed by atoms with Crippen LogP contribution in [0, 0.1) is 5.92 Å². The topological polar surface area (TPSA) is 68.1 Å². The van der Waals surface area contributed by atoms with Crippen molar-refractivity contribution in [2.75, 3.05) is 13.1 Å². The molecule has 3 aromatic rings. The maximum absolute atomic E-state index is 12.6. The number of hydrogen-bond donors (Lipinski definition) is 0. The molecule has 2 aromatic heterocycles. The number of hydrogen-bond acceptors (Lipinski definition) is 4. The lowest BCUT2D eigenvalue weighted by atomic mass is 9.96. The van der Waals surface area contributed by atoms with Crippen molar-refractivity contribution in [3.8, 4) is 0 Å². The van der Waals surface area contributed by atoms with Crippen molar-refractivity contribution in [3.05, 3.63) is 69.4 Å². The third-order valence-corrected chi connectivity index (χ3v) is 5.47. The van der Waals surface area contributed by atoms with Gasteiger partial charge in [0.05, 0.1) is 22.8 Å². The van der Waals surface area contributed by atoms with Gasteiger partial charge in [0.2, 0.25) is 0 Å². The summed E-state index contributed by atoms with van der Waals surface area (Å²) in [4.78, 5) is 35.6. The SMILES string of the molecule is O=C(c1cncc(Br)c1)N1CCC(Cn2cnc3ccccc3c2=O)CC1. The van der Waals surface area contributed by atoms with E-state index in [2.05, 4.69) is 25.9 Å². The van der Waals surface area contributed by atoms with Gasteiger partial charge in [-0.2, -0.15) is 0 Å². The molecule has 0 unspecified atom stereocenters. The predicted molar refractivity (Wildman–Crippen MR) is 107 cm³/mol. The smallest absolute Gasteiger partial charge is 0.261 e. The zero-order valence-electron chi connectivity index (χ0n) is 14.7. The Bertz CT molecular complexity index is 1040. The minimum absolute atomic E-state index is 0.000633. The van der Waals surface area contributed by atoms with Gasteiger partial charge in [0, 0.05) is 36.5 Å². The monoisotopic (exact) mass is 426 g/mol. The molecule has 7 heteroatoms. The highest BCUT2D eigenvalue weighted by Crippen LogP contribution is 2.21. The Labute approximate surface area is 165 Å². The number of likely N-dealkylation sites (tertiary alicyclic amines) is 1. The van der Waals surface area contributed by atoms with Crippen molar-refractivity contribution in [1.82, 2.24) is 19.4 Å². The van der Waals surface area contributed by atoms with Crippen LogP contribution in [-0.2, 0) is 6.54 Å². The Morgan fingerprint density at radius 2 is 1.96 bits per heavy atom. The summed E-state index contributed by atoms with van der Waals surface area (Å²) in [5.41, 5.74) is 1.32. The van der Waals surface area contributed by atoms with E-state index in [1.165, 1.54) is 0 Å². The summed E-state index contributed by atoms with van der Waals surface area (Å²) in [7, 11) is 0. The molecule has 3 heterocycles. The molecule has 1 aliphatic rings. The summed E-state index contributed by atoms with van der Waals surface area (Å²) in [5.74, 6) is 0.363. The van der Waals surface area contributed by atoms with Crippen LogP contribution in [0.3, 0.4) is 0 Å². The zero-order valence-corrected chi connectivity index (χ0v) is 16.3. The van der Waals surface area contributed by atoms with Gasteiger partial charge in [-0.25, -0.2) is 4.98 Å². The van der Waals surface area contributed by atoms with Gasteiger partial charge in [0.15, 0.2) is 0 Å². The van der Waals surface area contributed by atoms with E-state index in [-0.39, 0.29) is 11.5 Å². The lowest BCUT2D eigenvalue weighted by Crippen LogP contribution is -2.40. The van der Waals surface area contributed by atoms with E-state index in [1.807, 2.05) is 29.2 Å². The van der Waals surface area contributed by atoms with Gasteiger partial charge >= 0.3 is 0 Å². The van der Waals surface area contributed by atoms with Gasteiger partial charge in [-0.3, -0.25) is 19.1 Å². The minimum atomic E-state index is -0.000633. The quantitative estimate of drug-likeness (QED) is 0.644. The first kappa shape index (κ1) is 17.9. The first-order valence-corrected chi connectivity index (χ1v) is 9.75. The molecule has 1 fully saturated rings. The maximum atomic E-state index is 12.6. The average molecular weight is 427 g/mol. The number of fused-ring (bicyclic) bond motifs is 1. The first-order chi connectivity index (χ1) is 13.1. The van der Waals surface area contributed by atoms with Gasteiger partial charge in [0.25, 0.3) is 11.5 Å². The van der Waals surface area contributed by atoms with E-state index in [4.69, 9.17) is 0 Å². The number of aromatic nitrogens is 3. The fourth-order valence-corrected chi connectivity index (χ4v) is 3.91. The largest absolute Gasteiger partial charge is 0.339 e. The third kappa shape index (κ3) is 3.78. The second-order valence-electron chi connectivity index (χ2n) is 6.85. The van der Waals surface area contributed by atoms with Gasteiger partial charge in [-0.15, -0.1) is 0 Å². The molecular weight excluding hydrogens is 408 g/mol. The molecule has 1 amide bonds. The van der Waals surface area contributed by atoms with E-state index < -0.39 is 0 Å². The Morgan fingerprint density at radius 1 is 1.19 bits per heavy atom. The number of carbonyl (C=O) groups is 1. The van der Waals surface area contributed by atoms with E-state index in [1.54, 1.807) is 29.4 Å². The van der Waals surface area contributed by atoms with Crippen LogP contribution >= 0.6 is 15.9 Å². The Kier molecular flexibility index (Phi) is 5.03. The summed E-state index contributed by atoms with van der Waals surface area (Å²) >= 11 is 3.35. The normalized spacial score (nSPS) is 15.2. The van der Waals surface area contributed by atoms with Gasteiger partial charge in [-0.05, 0) is 52.9 Å². The molecule has 27 heavy (non-hydrogen) atoms. The number of para-hydroxylation sites is 1. The summed E-state index contributed by atoms with van der Waals surface area (Å²) < 4.78 is 2.49. The van der Waals surface area contributed by atoms with Crippen molar-refractivity contribution >= 4 is 32.7 Å². The number of piperidine rings is 1. The predicted octanol–water partition coefficient (Wildman–Crippen LogP) is 3.11. The molecule has 138 valence electrons. The number of amides is 1. The van der Waals surface area contributed by atoms with Gasteiger partial charge in [-0.1, -0.05) is 12.1 Å². The zero-order chi connectivity index (χ0) is 18.8. The standard InChI is InChI=1S/C20H19BrN4O2/c21-16-9-15(10-22-11-16)19(26)24-7-5-14(6-8-24)12-25-13-23-18-4-2-1-3-17(18)20(25)27/h1-4,9-11,13-14H,5-8,12H2. The molecule has 0 aliphatic carbocycles. The Morgan fingerprint density at radius 3 is 2.74 bits per heavy atom. The summed E-state index contributed by atoms with van der Waals surface area (Å²) in [6, 6.07) is 9.20. The first-order valence-electron chi connectivity index (χ1n) is 8.96. The number of halogens is 1. The Hall–Kier alpha value is -2.54. The molecule has 0 N–H and O–H groups in total. The van der Waals surface area contributed by atoms with E-state index in [0.717, 1.165) is 22.8 Å². The van der Waals surface area contributed by atoms with Crippen molar-refractivity contribution in [2.45, 2.75) is 19.4 Å². The fraction of sp³-hybridized carbons (Fsp3) is 0.300. The van der Waals surface area contributed by atoms with E-state index in [9.17, 15) is 9.59 Å². The van der Waals surface area contributed by atoms with Crippen LogP contribution in [-0.4, -0.2) is 38.4 Å². The fourth-order valence-electron chi connectivity index (χ4n) is 3.54. The number of nitrogens with zero attached hydrogens (tertiary/aromatic N) is 4. The van der Waals surface area contributed by atoms with Crippen LogP contribution in [0.5, 0.6) is 0 Å². The molecule has 4 rings (SSSR count). The van der Waals surface area contributed by atoms with E-state index in [0.29, 0.717) is 36.5 Å². The molecule has 0 saturated carbocycles. The summed E-state index contributed by atoms with van der Waals surface area (Å²) in [6.07, 6.45) is 6.63. The van der Waals surface area contributed by atoms with Crippen molar-refractivity contribution in [1.29, 1.82) is 0 Å². The second-order valence-corrected chi connectivity index (χ2v) is 7.76. The van der Waals surface area contributed by atoms with Gasteiger partial charge < -0.3 is 4.90 Å². The summed E-state index contributed by atoms with van der Waals surface area (Å²) in [5, 5.41) is 0.648. The highest BCUT2D eigenvalue weighted by atomic mass is 79.9. The second kappa shape index (κ2) is 7.60. The highest BCUT2D eigenvalue weighted by Gasteiger charge is 2.24.